The number of hydrogen-bond acceptors (Lipinski definition) is 6. The van der Waals surface area contributed by atoms with Gasteiger partial charge in [0.25, 0.3) is 5.69 Å². The average molecular weight is 359 g/mol. The van der Waals surface area contributed by atoms with Gasteiger partial charge in [-0.2, -0.15) is 5.10 Å². The fourth-order valence-electron chi connectivity index (χ4n) is 2.07. The van der Waals surface area contributed by atoms with E-state index in [2.05, 4.69) is 14.8 Å². The topological polar surface area (TPSA) is 120 Å². The van der Waals surface area contributed by atoms with Crippen LogP contribution in [0.15, 0.2) is 66.0 Å². The standard InChI is InChI=1S/C15H13N5O4S/c21-20(22)13-3-5-14(6-4-13)25(23,24)18-11-12-2-7-15(16-10-12)19-9-1-8-17-19/h1-10,18H,11H2. The minimum absolute atomic E-state index is 0.0424. The smallest absolute Gasteiger partial charge is 0.258 e. The number of non-ortho nitro benzene ring substituents is 1. The lowest BCUT2D eigenvalue weighted by Crippen LogP contribution is -2.23. The molecule has 0 fully saturated rings. The quantitative estimate of drug-likeness (QED) is 0.528. The van der Waals surface area contributed by atoms with Crippen LogP contribution in [0.5, 0.6) is 0 Å². The molecule has 3 rings (SSSR count). The highest BCUT2D eigenvalue weighted by molar-refractivity contribution is 7.89. The van der Waals surface area contributed by atoms with E-state index in [9.17, 15) is 18.5 Å². The summed E-state index contributed by atoms with van der Waals surface area (Å²) in [6.07, 6.45) is 4.93. The third-order valence-electron chi connectivity index (χ3n) is 3.37. The third kappa shape index (κ3) is 3.87. The lowest BCUT2D eigenvalue weighted by atomic mass is 10.3. The second-order valence-electron chi connectivity index (χ2n) is 5.05. The summed E-state index contributed by atoms with van der Waals surface area (Å²) >= 11 is 0. The first-order valence-corrected chi connectivity index (χ1v) is 8.63. The molecule has 0 aliphatic rings. The van der Waals surface area contributed by atoms with Crippen molar-refractivity contribution in [1.82, 2.24) is 19.5 Å². The van der Waals surface area contributed by atoms with E-state index in [4.69, 9.17) is 0 Å². The number of benzene rings is 1. The number of nitrogens with one attached hydrogen (secondary N) is 1. The number of nitrogens with zero attached hydrogens (tertiary/aromatic N) is 4. The van der Waals surface area contributed by atoms with E-state index in [0.29, 0.717) is 11.4 Å². The molecule has 0 amide bonds. The van der Waals surface area contributed by atoms with E-state index in [0.717, 1.165) is 12.1 Å². The van der Waals surface area contributed by atoms with Crippen LogP contribution >= 0.6 is 0 Å². The van der Waals surface area contributed by atoms with E-state index in [1.807, 2.05) is 0 Å². The largest absolute Gasteiger partial charge is 0.269 e. The highest BCUT2D eigenvalue weighted by atomic mass is 32.2. The van der Waals surface area contributed by atoms with Crippen LogP contribution in [0, 0.1) is 10.1 Å². The van der Waals surface area contributed by atoms with Gasteiger partial charge in [-0.05, 0) is 29.8 Å². The van der Waals surface area contributed by atoms with E-state index in [1.165, 1.54) is 12.1 Å². The third-order valence-corrected chi connectivity index (χ3v) is 4.79. The van der Waals surface area contributed by atoms with Crippen LogP contribution in [0.4, 0.5) is 5.69 Å². The Morgan fingerprint density at radius 1 is 1.16 bits per heavy atom. The molecule has 0 aliphatic carbocycles. The molecule has 0 unspecified atom stereocenters. The zero-order chi connectivity index (χ0) is 17.9. The summed E-state index contributed by atoms with van der Waals surface area (Å²) in [6.45, 7) is 0.0473. The van der Waals surface area contributed by atoms with Gasteiger partial charge in [0.05, 0.1) is 9.82 Å². The summed E-state index contributed by atoms with van der Waals surface area (Å²) in [6, 6.07) is 9.92. The predicted molar refractivity (Wildman–Crippen MR) is 88.5 cm³/mol. The van der Waals surface area contributed by atoms with E-state index in [-0.39, 0.29) is 17.1 Å². The molecule has 10 heteroatoms. The summed E-state index contributed by atoms with van der Waals surface area (Å²) in [7, 11) is -3.77. The maximum absolute atomic E-state index is 12.2. The first kappa shape index (κ1) is 16.7. The van der Waals surface area contributed by atoms with Crippen LogP contribution in [-0.4, -0.2) is 28.1 Å². The van der Waals surface area contributed by atoms with Crippen molar-refractivity contribution in [3.8, 4) is 5.82 Å². The van der Waals surface area contributed by atoms with Crippen molar-refractivity contribution < 1.29 is 13.3 Å². The lowest BCUT2D eigenvalue weighted by molar-refractivity contribution is -0.384. The van der Waals surface area contributed by atoms with Gasteiger partial charge >= 0.3 is 0 Å². The van der Waals surface area contributed by atoms with Crippen LogP contribution < -0.4 is 4.72 Å². The van der Waals surface area contributed by atoms with E-state index >= 15 is 0 Å². The molecule has 0 aliphatic heterocycles. The molecule has 0 radical (unpaired) electrons. The lowest BCUT2D eigenvalue weighted by Gasteiger charge is -2.07. The number of pyridine rings is 1. The molecule has 0 saturated heterocycles. The van der Waals surface area contributed by atoms with Gasteiger partial charge < -0.3 is 0 Å². The van der Waals surface area contributed by atoms with Crippen molar-refractivity contribution in [3.05, 3.63) is 76.7 Å². The van der Waals surface area contributed by atoms with Gasteiger partial charge in [-0.3, -0.25) is 10.1 Å². The normalized spacial score (nSPS) is 11.4. The SMILES string of the molecule is O=[N+]([O-])c1ccc(S(=O)(=O)NCc2ccc(-n3cccn3)nc2)cc1. The molecule has 0 atom stereocenters. The number of sulfonamides is 1. The molecule has 2 aromatic heterocycles. The molecule has 1 N–H and O–H groups in total. The highest BCUT2D eigenvalue weighted by Gasteiger charge is 2.15. The maximum Gasteiger partial charge on any atom is 0.269 e. The van der Waals surface area contributed by atoms with Gasteiger partial charge in [-0.25, -0.2) is 22.8 Å². The Morgan fingerprint density at radius 2 is 1.92 bits per heavy atom. The zero-order valence-electron chi connectivity index (χ0n) is 12.8. The number of nitro benzene ring substituents is 1. The van der Waals surface area contributed by atoms with Gasteiger partial charge in [0.1, 0.15) is 0 Å². The molecule has 0 spiro atoms. The summed E-state index contributed by atoms with van der Waals surface area (Å²) in [4.78, 5) is 14.2. The molecular weight excluding hydrogens is 346 g/mol. The summed E-state index contributed by atoms with van der Waals surface area (Å²) in [5, 5.41) is 14.7. The van der Waals surface area contributed by atoms with Gasteiger partial charge in [-0.15, -0.1) is 0 Å². The van der Waals surface area contributed by atoms with E-state index < -0.39 is 14.9 Å². The summed E-state index contributed by atoms with van der Waals surface area (Å²) < 4.78 is 28.5. The number of nitro groups is 1. The monoisotopic (exact) mass is 359 g/mol. The Hall–Kier alpha value is -3.11. The van der Waals surface area contributed by atoms with Gasteiger partial charge in [-0.1, -0.05) is 6.07 Å². The molecular formula is C15H13N5O4S. The molecule has 0 bridgehead atoms. The molecule has 3 aromatic rings. The van der Waals surface area contributed by atoms with Crippen LogP contribution in [0.2, 0.25) is 0 Å². The molecule has 2 heterocycles. The Balaban J connectivity index is 1.68. The van der Waals surface area contributed by atoms with Gasteiger partial charge in [0.2, 0.25) is 10.0 Å². The zero-order valence-corrected chi connectivity index (χ0v) is 13.6. The fourth-order valence-corrected chi connectivity index (χ4v) is 3.09. The summed E-state index contributed by atoms with van der Waals surface area (Å²) in [5.41, 5.74) is 0.499. The van der Waals surface area contributed by atoms with Crippen LogP contribution in [0.25, 0.3) is 5.82 Å². The van der Waals surface area contributed by atoms with Crippen molar-refractivity contribution in [2.75, 3.05) is 0 Å². The van der Waals surface area contributed by atoms with Crippen molar-refractivity contribution in [2.45, 2.75) is 11.4 Å². The number of aromatic nitrogens is 3. The summed E-state index contributed by atoms with van der Waals surface area (Å²) in [5.74, 6) is 0.618. The minimum atomic E-state index is -3.77. The Labute approximate surface area is 143 Å². The van der Waals surface area contributed by atoms with Crippen molar-refractivity contribution in [1.29, 1.82) is 0 Å². The van der Waals surface area contributed by atoms with Crippen LogP contribution in [0.3, 0.4) is 0 Å². The van der Waals surface area contributed by atoms with Crippen molar-refractivity contribution in [3.63, 3.8) is 0 Å². The van der Waals surface area contributed by atoms with Crippen LogP contribution in [-0.2, 0) is 16.6 Å². The minimum Gasteiger partial charge on any atom is -0.258 e. The molecule has 128 valence electrons. The Kier molecular flexibility index (Phi) is 4.55. The van der Waals surface area contributed by atoms with Gasteiger partial charge in [0.15, 0.2) is 5.82 Å². The Bertz CT molecular complexity index is 968. The number of rotatable bonds is 6. The Morgan fingerprint density at radius 3 is 2.48 bits per heavy atom. The van der Waals surface area contributed by atoms with Crippen LogP contribution in [0.1, 0.15) is 5.56 Å². The molecule has 0 saturated carbocycles. The first-order chi connectivity index (χ1) is 12.0. The van der Waals surface area contributed by atoms with Crippen molar-refractivity contribution >= 4 is 15.7 Å². The number of hydrogen-bond donors (Lipinski definition) is 1. The first-order valence-electron chi connectivity index (χ1n) is 7.15. The molecule has 9 nitrogen and oxygen atoms in total. The average Bonchev–Trinajstić information content (AvgIpc) is 3.15. The second-order valence-corrected chi connectivity index (χ2v) is 6.82. The predicted octanol–water partition coefficient (Wildman–Crippen LogP) is 1.65. The second kappa shape index (κ2) is 6.79. The maximum atomic E-state index is 12.2. The molecule has 1 aromatic carbocycles. The fraction of sp³-hybridized carbons (Fsp3) is 0.0667. The highest BCUT2D eigenvalue weighted by Crippen LogP contribution is 2.16. The molecule has 25 heavy (non-hydrogen) atoms. The van der Waals surface area contributed by atoms with Crippen molar-refractivity contribution in [2.24, 2.45) is 0 Å². The van der Waals surface area contributed by atoms with E-state index in [1.54, 1.807) is 41.5 Å². The van der Waals surface area contributed by atoms with Gasteiger partial charge in [0, 0.05) is 37.3 Å².